The van der Waals surface area contributed by atoms with Crippen molar-refractivity contribution in [1.82, 2.24) is 15.0 Å². The lowest BCUT2D eigenvalue weighted by Gasteiger charge is -2.11. The van der Waals surface area contributed by atoms with Gasteiger partial charge in [-0.3, -0.25) is 4.98 Å². The van der Waals surface area contributed by atoms with E-state index < -0.39 is 0 Å². The van der Waals surface area contributed by atoms with Crippen molar-refractivity contribution in [1.29, 1.82) is 0 Å². The van der Waals surface area contributed by atoms with E-state index in [2.05, 4.69) is 25.6 Å². The molecule has 7 heteroatoms. The standard InChI is InChI=1S/C18H19N5O2/c1-24-15-6-5-14(10-16(15)25-2)22-17-7-9-20-18(23-17)21-12-13-4-3-8-19-11-13/h3-11H,12H2,1-2H3,(H2,20,21,22,23). The summed E-state index contributed by atoms with van der Waals surface area (Å²) in [5.41, 5.74) is 1.90. The van der Waals surface area contributed by atoms with Crippen molar-refractivity contribution in [3.8, 4) is 11.5 Å². The number of methoxy groups -OCH3 is 2. The second-order valence-corrected chi connectivity index (χ2v) is 5.18. The smallest absolute Gasteiger partial charge is 0.224 e. The van der Waals surface area contributed by atoms with Gasteiger partial charge in [-0.05, 0) is 29.8 Å². The predicted molar refractivity (Wildman–Crippen MR) is 96.4 cm³/mol. The average Bonchev–Trinajstić information content (AvgIpc) is 2.67. The van der Waals surface area contributed by atoms with Crippen molar-refractivity contribution in [2.24, 2.45) is 0 Å². The lowest BCUT2D eigenvalue weighted by molar-refractivity contribution is 0.355. The molecule has 2 heterocycles. The highest BCUT2D eigenvalue weighted by molar-refractivity contribution is 5.61. The van der Waals surface area contributed by atoms with Crippen LogP contribution in [0.4, 0.5) is 17.5 Å². The molecule has 0 aliphatic carbocycles. The number of ether oxygens (including phenoxy) is 2. The molecule has 2 N–H and O–H groups in total. The van der Waals surface area contributed by atoms with E-state index in [0.717, 1.165) is 11.3 Å². The van der Waals surface area contributed by atoms with Crippen molar-refractivity contribution in [3.05, 3.63) is 60.6 Å². The topological polar surface area (TPSA) is 81.2 Å². The number of hydrogen-bond donors (Lipinski definition) is 2. The van der Waals surface area contributed by atoms with E-state index in [1.807, 2.05) is 30.3 Å². The van der Waals surface area contributed by atoms with Gasteiger partial charge >= 0.3 is 0 Å². The first-order valence-corrected chi connectivity index (χ1v) is 7.73. The number of nitrogens with one attached hydrogen (secondary N) is 2. The molecular formula is C18H19N5O2. The number of pyridine rings is 1. The molecule has 0 spiro atoms. The third-order valence-corrected chi connectivity index (χ3v) is 3.48. The first kappa shape index (κ1) is 16.5. The van der Waals surface area contributed by atoms with E-state index in [1.165, 1.54) is 0 Å². The number of nitrogens with zero attached hydrogens (tertiary/aromatic N) is 3. The molecule has 1 aromatic carbocycles. The monoisotopic (exact) mass is 337 g/mol. The van der Waals surface area contributed by atoms with Crippen LogP contribution in [-0.2, 0) is 6.54 Å². The molecular weight excluding hydrogens is 318 g/mol. The zero-order chi connectivity index (χ0) is 17.5. The van der Waals surface area contributed by atoms with Gasteiger partial charge in [-0.1, -0.05) is 6.07 Å². The van der Waals surface area contributed by atoms with Gasteiger partial charge in [0.25, 0.3) is 0 Å². The van der Waals surface area contributed by atoms with E-state index in [4.69, 9.17) is 9.47 Å². The largest absolute Gasteiger partial charge is 0.493 e. The Balaban J connectivity index is 1.69. The van der Waals surface area contributed by atoms with Crippen LogP contribution in [0.5, 0.6) is 11.5 Å². The minimum Gasteiger partial charge on any atom is -0.493 e. The van der Waals surface area contributed by atoms with Crippen molar-refractivity contribution >= 4 is 17.5 Å². The SMILES string of the molecule is COc1ccc(Nc2ccnc(NCc3cccnc3)n2)cc1OC. The van der Waals surface area contributed by atoms with Crippen molar-refractivity contribution in [2.75, 3.05) is 24.9 Å². The van der Waals surface area contributed by atoms with Crippen LogP contribution in [0.25, 0.3) is 0 Å². The van der Waals surface area contributed by atoms with Crippen LogP contribution in [0.1, 0.15) is 5.56 Å². The third kappa shape index (κ3) is 4.35. The van der Waals surface area contributed by atoms with Gasteiger partial charge in [0.05, 0.1) is 14.2 Å². The van der Waals surface area contributed by atoms with E-state index in [1.54, 1.807) is 38.9 Å². The lowest BCUT2D eigenvalue weighted by Crippen LogP contribution is -2.05. The zero-order valence-corrected chi connectivity index (χ0v) is 14.1. The second kappa shape index (κ2) is 7.96. The summed E-state index contributed by atoms with van der Waals surface area (Å²) in [6.45, 7) is 0.605. The molecule has 25 heavy (non-hydrogen) atoms. The normalized spacial score (nSPS) is 10.2. The molecule has 0 unspecified atom stereocenters. The highest BCUT2D eigenvalue weighted by atomic mass is 16.5. The van der Waals surface area contributed by atoms with Gasteiger partial charge in [-0.2, -0.15) is 4.98 Å². The summed E-state index contributed by atoms with van der Waals surface area (Å²) in [5, 5.41) is 6.41. The molecule has 2 aromatic heterocycles. The molecule has 3 rings (SSSR count). The molecule has 0 saturated heterocycles. The molecule has 7 nitrogen and oxygen atoms in total. The quantitative estimate of drug-likeness (QED) is 0.685. The van der Waals surface area contributed by atoms with Crippen molar-refractivity contribution in [3.63, 3.8) is 0 Å². The Kier molecular flexibility index (Phi) is 5.26. The molecule has 0 fully saturated rings. The summed E-state index contributed by atoms with van der Waals surface area (Å²) >= 11 is 0. The molecule has 3 aromatic rings. The van der Waals surface area contributed by atoms with Gasteiger partial charge < -0.3 is 20.1 Å². The predicted octanol–water partition coefficient (Wildman–Crippen LogP) is 3.24. The maximum absolute atomic E-state index is 5.31. The number of rotatable bonds is 7. The maximum atomic E-state index is 5.31. The molecule has 0 atom stereocenters. The van der Waals surface area contributed by atoms with Gasteiger partial charge in [-0.15, -0.1) is 0 Å². The Morgan fingerprint density at radius 2 is 1.88 bits per heavy atom. The minimum atomic E-state index is 0.536. The molecule has 0 radical (unpaired) electrons. The zero-order valence-electron chi connectivity index (χ0n) is 14.1. The Morgan fingerprint density at radius 3 is 2.64 bits per heavy atom. The van der Waals surface area contributed by atoms with E-state index in [0.29, 0.717) is 29.8 Å². The molecule has 0 amide bonds. The number of hydrogen-bond acceptors (Lipinski definition) is 7. The Morgan fingerprint density at radius 1 is 1.00 bits per heavy atom. The highest BCUT2D eigenvalue weighted by Crippen LogP contribution is 2.30. The minimum absolute atomic E-state index is 0.536. The van der Waals surface area contributed by atoms with Crippen molar-refractivity contribution in [2.45, 2.75) is 6.54 Å². The van der Waals surface area contributed by atoms with Crippen LogP contribution < -0.4 is 20.1 Å². The van der Waals surface area contributed by atoms with Crippen LogP contribution in [0.2, 0.25) is 0 Å². The summed E-state index contributed by atoms with van der Waals surface area (Å²) < 4.78 is 10.6. The van der Waals surface area contributed by atoms with Gasteiger partial charge in [0.15, 0.2) is 11.5 Å². The van der Waals surface area contributed by atoms with E-state index >= 15 is 0 Å². The molecule has 0 bridgehead atoms. The number of benzene rings is 1. The van der Waals surface area contributed by atoms with Crippen LogP contribution >= 0.6 is 0 Å². The second-order valence-electron chi connectivity index (χ2n) is 5.18. The van der Waals surface area contributed by atoms with Gasteiger partial charge in [0, 0.05) is 36.9 Å². The third-order valence-electron chi connectivity index (χ3n) is 3.48. The first-order chi connectivity index (χ1) is 12.3. The molecule has 128 valence electrons. The van der Waals surface area contributed by atoms with Crippen molar-refractivity contribution < 1.29 is 9.47 Å². The summed E-state index contributed by atoms with van der Waals surface area (Å²) in [6, 6.07) is 11.3. The summed E-state index contributed by atoms with van der Waals surface area (Å²) in [7, 11) is 3.21. The Hall–Kier alpha value is -3.35. The van der Waals surface area contributed by atoms with E-state index in [-0.39, 0.29) is 0 Å². The Bertz CT molecular complexity index is 827. The van der Waals surface area contributed by atoms with Crippen LogP contribution in [0, 0.1) is 0 Å². The van der Waals surface area contributed by atoms with Gasteiger partial charge in [0.2, 0.25) is 5.95 Å². The van der Waals surface area contributed by atoms with E-state index in [9.17, 15) is 0 Å². The van der Waals surface area contributed by atoms with Gasteiger partial charge in [0.1, 0.15) is 5.82 Å². The number of anilines is 3. The Labute approximate surface area is 146 Å². The summed E-state index contributed by atoms with van der Waals surface area (Å²) in [6.07, 6.45) is 5.24. The first-order valence-electron chi connectivity index (χ1n) is 7.73. The van der Waals surface area contributed by atoms with Crippen LogP contribution in [0.3, 0.4) is 0 Å². The average molecular weight is 337 g/mol. The molecule has 0 aliphatic heterocycles. The summed E-state index contributed by atoms with van der Waals surface area (Å²) in [5.74, 6) is 2.54. The summed E-state index contributed by atoms with van der Waals surface area (Å²) in [4.78, 5) is 12.8. The molecule has 0 saturated carbocycles. The fraction of sp³-hybridized carbons (Fsp3) is 0.167. The molecule has 0 aliphatic rings. The number of aromatic nitrogens is 3. The fourth-order valence-electron chi connectivity index (χ4n) is 2.26. The van der Waals surface area contributed by atoms with Gasteiger partial charge in [-0.25, -0.2) is 4.98 Å². The van der Waals surface area contributed by atoms with Crippen LogP contribution in [0.15, 0.2) is 55.0 Å². The lowest BCUT2D eigenvalue weighted by atomic mass is 10.2. The highest BCUT2D eigenvalue weighted by Gasteiger charge is 2.06. The fourth-order valence-corrected chi connectivity index (χ4v) is 2.26. The van der Waals surface area contributed by atoms with Crippen LogP contribution in [-0.4, -0.2) is 29.2 Å². The maximum Gasteiger partial charge on any atom is 0.224 e.